The first kappa shape index (κ1) is 16.3. The van der Waals surface area contributed by atoms with E-state index in [0.717, 1.165) is 5.76 Å². The Morgan fingerprint density at radius 3 is 3.08 bits per heavy atom. The van der Waals surface area contributed by atoms with Crippen molar-refractivity contribution in [3.8, 4) is 0 Å². The summed E-state index contributed by atoms with van der Waals surface area (Å²) in [7, 11) is 0. The number of morpholine rings is 1. The second-order valence-electron chi connectivity index (χ2n) is 5.83. The maximum absolute atomic E-state index is 12.7. The maximum Gasteiger partial charge on any atom is 0.257 e. The number of anilines is 1. The molecule has 8 heteroatoms. The Labute approximate surface area is 149 Å². The van der Waals surface area contributed by atoms with Gasteiger partial charge in [0.25, 0.3) is 5.91 Å². The van der Waals surface area contributed by atoms with Gasteiger partial charge in [0.2, 0.25) is 0 Å². The van der Waals surface area contributed by atoms with Crippen LogP contribution in [-0.4, -0.2) is 40.5 Å². The number of nitrogens with one attached hydrogen (secondary N) is 1. The molecule has 0 spiro atoms. The Bertz CT molecular complexity index is 848. The van der Waals surface area contributed by atoms with E-state index < -0.39 is 0 Å². The molecule has 26 heavy (non-hydrogen) atoms. The zero-order valence-corrected chi connectivity index (χ0v) is 14.0. The molecule has 1 aliphatic rings. The number of carbonyl (C=O) groups excluding carboxylic acids is 1. The predicted molar refractivity (Wildman–Crippen MR) is 91.4 cm³/mol. The van der Waals surface area contributed by atoms with Gasteiger partial charge in [-0.25, -0.2) is 9.97 Å². The number of carbonyl (C=O) groups is 1. The van der Waals surface area contributed by atoms with Gasteiger partial charge in [-0.2, -0.15) is 0 Å². The van der Waals surface area contributed by atoms with Crippen molar-refractivity contribution in [2.45, 2.75) is 12.6 Å². The van der Waals surface area contributed by atoms with Crippen LogP contribution in [0.25, 0.3) is 0 Å². The molecular formula is C18H18N4O4. The number of amides is 1. The zero-order chi connectivity index (χ0) is 17.8. The fraction of sp³-hybridized carbons (Fsp3) is 0.278. The first-order valence-corrected chi connectivity index (χ1v) is 8.31. The molecule has 134 valence electrons. The molecular weight excluding hydrogens is 336 g/mol. The minimum absolute atomic E-state index is 0.121. The van der Waals surface area contributed by atoms with Crippen LogP contribution in [0.3, 0.4) is 0 Å². The molecule has 8 nitrogen and oxygen atoms in total. The number of furan rings is 2. The van der Waals surface area contributed by atoms with Crippen LogP contribution in [0.1, 0.15) is 28.0 Å². The number of nitrogens with zero attached hydrogens (tertiary/aromatic N) is 3. The van der Waals surface area contributed by atoms with Crippen LogP contribution in [0, 0.1) is 0 Å². The summed E-state index contributed by atoms with van der Waals surface area (Å²) in [4.78, 5) is 23.4. The fourth-order valence-electron chi connectivity index (χ4n) is 2.84. The number of aromatic nitrogens is 2. The lowest BCUT2D eigenvalue weighted by Crippen LogP contribution is -2.44. The minimum atomic E-state index is -0.350. The average Bonchev–Trinajstić information content (AvgIpc) is 3.40. The summed E-state index contributed by atoms with van der Waals surface area (Å²) in [5.74, 6) is 1.88. The molecule has 4 rings (SSSR count). The quantitative estimate of drug-likeness (QED) is 0.752. The van der Waals surface area contributed by atoms with Gasteiger partial charge in [-0.3, -0.25) is 4.79 Å². The van der Waals surface area contributed by atoms with Gasteiger partial charge in [0, 0.05) is 12.7 Å². The maximum atomic E-state index is 12.7. The molecule has 1 amide bonds. The van der Waals surface area contributed by atoms with E-state index in [4.69, 9.17) is 13.6 Å². The molecule has 0 aromatic carbocycles. The molecule has 1 saturated heterocycles. The number of hydrogen-bond donors (Lipinski definition) is 1. The molecule has 1 atom stereocenters. The van der Waals surface area contributed by atoms with E-state index in [1.54, 1.807) is 29.5 Å². The summed E-state index contributed by atoms with van der Waals surface area (Å²) < 4.78 is 15.9. The van der Waals surface area contributed by atoms with Gasteiger partial charge in [-0.05, 0) is 24.3 Å². The Morgan fingerprint density at radius 1 is 1.31 bits per heavy atom. The Morgan fingerprint density at radius 2 is 2.27 bits per heavy atom. The van der Waals surface area contributed by atoms with Crippen molar-refractivity contribution < 1.29 is 18.4 Å². The largest absolute Gasteiger partial charge is 0.472 e. The van der Waals surface area contributed by atoms with Gasteiger partial charge in [0.05, 0.1) is 37.8 Å². The highest BCUT2D eigenvalue weighted by Gasteiger charge is 2.31. The number of hydrogen-bond acceptors (Lipinski definition) is 7. The lowest BCUT2D eigenvalue weighted by atomic mass is 10.1. The first-order chi connectivity index (χ1) is 12.8. The third-order valence-electron chi connectivity index (χ3n) is 4.15. The number of ether oxygens (including phenoxy) is 1. The minimum Gasteiger partial charge on any atom is -0.472 e. The monoisotopic (exact) mass is 354 g/mol. The SMILES string of the molecule is O=C(c1ccoc1)N1CCOCC1c1nccc(NCc2ccco2)n1. The van der Waals surface area contributed by atoms with Gasteiger partial charge in [-0.1, -0.05) is 0 Å². The van der Waals surface area contributed by atoms with Crippen molar-refractivity contribution in [3.05, 3.63) is 66.4 Å². The summed E-state index contributed by atoms with van der Waals surface area (Å²) in [6.45, 7) is 1.83. The van der Waals surface area contributed by atoms with Crippen LogP contribution in [0.2, 0.25) is 0 Å². The van der Waals surface area contributed by atoms with Crippen molar-refractivity contribution in [1.29, 1.82) is 0 Å². The van der Waals surface area contributed by atoms with Crippen LogP contribution in [0.15, 0.2) is 58.1 Å². The molecule has 0 aliphatic carbocycles. The fourth-order valence-corrected chi connectivity index (χ4v) is 2.84. The highest BCUT2D eigenvalue weighted by atomic mass is 16.5. The van der Waals surface area contributed by atoms with E-state index in [1.807, 2.05) is 12.1 Å². The summed E-state index contributed by atoms with van der Waals surface area (Å²) in [5, 5.41) is 3.19. The van der Waals surface area contributed by atoms with Crippen LogP contribution >= 0.6 is 0 Å². The molecule has 1 unspecified atom stereocenters. The third-order valence-corrected chi connectivity index (χ3v) is 4.15. The molecule has 3 aromatic heterocycles. The average molecular weight is 354 g/mol. The highest BCUT2D eigenvalue weighted by molar-refractivity contribution is 5.94. The lowest BCUT2D eigenvalue weighted by Gasteiger charge is -2.34. The lowest BCUT2D eigenvalue weighted by molar-refractivity contribution is -0.00522. The molecule has 1 N–H and O–H groups in total. The Kier molecular flexibility index (Phi) is 4.65. The van der Waals surface area contributed by atoms with E-state index in [2.05, 4.69) is 15.3 Å². The van der Waals surface area contributed by atoms with Crippen LogP contribution in [-0.2, 0) is 11.3 Å². The molecule has 0 bridgehead atoms. The zero-order valence-electron chi connectivity index (χ0n) is 14.0. The topological polar surface area (TPSA) is 93.6 Å². The normalized spacial score (nSPS) is 17.2. The van der Waals surface area contributed by atoms with Crippen molar-refractivity contribution in [3.63, 3.8) is 0 Å². The van der Waals surface area contributed by atoms with E-state index >= 15 is 0 Å². The summed E-state index contributed by atoms with van der Waals surface area (Å²) in [6.07, 6.45) is 6.22. The number of rotatable bonds is 5. The van der Waals surface area contributed by atoms with E-state index in [-0.39, 0.29) is 11.9 Å². The van der Waals surface area contributed by atoms with Crippen molar-refractivity contribution in [2.75, 3.05) is 25.1 Å². The second-order valence-corrected chi connectivity index (χ2v) is 5.83. The molecule has 1 aliphatic heterocycles. The highest BCUT2D eigenvalue weighted by Crippen LogP contribution is 2.24. The molecule has 1 fully saturated rings. The van der Waals surface area contributed by atoms with Crippen molar-refractivity contribution in [1.82, 2.24) is 14.9 Å². The second kappa shape index (κ2) is 7.40. The molecule has 0 saturated carbocycles. The van der Waals surface area contributed by atoms with Gasteiger partial charge >= 0.3 is 0 Å². The Hall–Kier alpha value is -3.13. The van der Waals surface area contributed by atoms with E-state index in [0.29, 0.717) is 43.5 Å². The van der Waals surface area contributed by atoms with Gasteiger partial charge in [0.1, 0.15) is 23.9 Å². The molecule has 4 heterocycles. The van der Waals surface area contributed by atoms with Gasteiger partial charge in [0.15, 0.2) is 5.82 Å². The van der Waals surface area contributed by atoms with Gasteiger partial charge < -0.3 is 23.8 Å². The van der Waals surface area contributed by atoms with Crippen molar-refractivity contribution in [2.24, 2.45) is 0 Å². The molecule has 3 aromatic rings. The van der Waals surface area contributed by atoms with E-state index in [1.165, 1.54) is 12.5 Å². The smallest absolute Gasteiger partial charge is 0.257 e. The van der Waals surface area contributed by atoms with Crippen LogP contribution in [0.5, 0.6) is 0 Å². The van der Waals surface area contributed by atoms with Crippen LogP contribution in [0.4, 0.5) is 5.82 Å². The summed E-state index contributed by atoms with van der Waals surface area (Å²) in [5.41, 5.74) is 0.504. The Balaban J connectivity index is 1.52. The summed E-state index contributed by atoms with van der Waals surface area (Å²) >= 11 is 0. The summed E-state index contributed by atoms with van der Waals surface area (Å²) in [6, 6.07) is 6.79. The van der Waals surface area contributed by atoms with E-state index in [9.17, 15) is 4.79 Å². The molecule has 0 radical (unpaired) electrons. The first-order valence-electron chi connectivity index (χ1n) is 8.31. The standard InChI is InChI=1S/C18H18N4O4/c23-18(13-4-8-24-11-13)22-6-9-25-12-15(22)17-19-5-3-16(21-17)20-10-14-2-1-7-26-14/h1-5,7-8,11,15H,6,9-10,12H2,(H,19,20,21). The predicted octanol–water partition coefficient (Wildman–Crippen LogP) is 2.49. The van der Waals surface area contributed by atoms with Crippen LogP contribution < -0.4 is 5.32 Å². The third kappa shape index (κ3) is 3.45. The van der Waals surface area contributed by atoms with Crippen molar-refractivity contribution >= 4 is 11.7 Å². The van der Waals surface area contributed by atoms with Gasteiger partial charge in [-0.15, -0.1) is 0 Å².